The van der Waals surface area contributed by atoms with Crippen molar-refractivity contribution in [3.63, 3.8) is 0 Å². The molecule has 2 rings (SSSR count). The zero-order valence-corrected chi connectivity index (χ0v) is 13.6. The zero-order valence-electron chi connectivity index (χ0n) is 10.5. The van der Waals surface area contributed by atoms with Gasteiger partial charge in [0.15, 0.2) is 0 Å². The molecule has 0 saturated carbocycles. The van der Waals surface area contributed by atoms with Crippen LogP contribution in [-0.4, -0.2) is 6.03 Å². The summed E-state index contributed by atoms with van der Waals surface area (Å²) in [4.78, 5) is 11.9. The Labute approximate surface area is 135 Å². The Balaban J connectivity index is 2.09. The van der Waals surface area contributed by atoms with Gasteiger partial charge >= 0.3 is 6.03 Å². The highest BCUT2D eigenvalue weighted by atomic mass is 79.9. The Morgan fingerprint density at radius 3 is 2.55 bits per heavy atom. The molecule has 0 atom stereocenters. The van der Waals surface area contributed by atoms with E-state index in [-0.39, 0.29) is 6.03 Å². The molecule has 6 heteroatoms. The molecule has 0 heterocycles. The lowest BCUT2D eigenvalue weighted by atomic mass is 10.2. The second kappa shape index (κ2) is 6.48. The van der Waals surface area contributed by atoms with Crippen molar-refractivity contribution in [2.45, 2.75) is 6.92 Å². The molecule has 0 aliphatic carbocycles. The van der Waals surface area contributed by atoms with Crippen molar-refractivity contribution in [2.75, 3.05) is 10.6 Å². The summed E-state index contributed by atoms with van der Waals surface area (Å²) < 4.78 is 0.774. The minimum absolute atomic E-state index is 0.353. The summed E-state index contributed by atoms with van der Waals surface area (Å²) in [7, 11) is 0. The van der Waals surface area contributed by atoms with Crippen LogP contribution in [0.25, 0.3) is 0 Å². The van der Waals surface area contributed by atoms with Crippen molar-refractivity contribution in [1.82, 2.24) is 0 Å². The van der Waals surface area contributed by atoms with Crippen LogP contribution < -0.4 is 10.6 Å². The molecule has 2 amide bonds. The minimum Gasteiger partial charge on any atom is -0.308 e. The predicted molar refractivity (Wildman–Crippen MR) is 88.0 cm³/mol. The largest absolute Gasteiger partial charge is 0.323 e. The molecule has 0 unspecified atom stereocenters. The fourth-order valence-electron chi connectivity index (χ4n) is 1.60. The third-order valence-electron chi connectivity index (χ3n) is 2.69. The molecule has 0 aliphatic rings. The standard InChI is InChI=1S/C14H11BrCl2N2O/c1-8-11(16)3-2-4-13(8)19-14(20)18-9-5-6-10(15)12(17)7-9/h2-7H,1H3,(H2,18,19,20). The predicted octanol–water partition coefficient (Wildman–Crippen LogP) is 5.71. The second-order valence-corrected chi connectivity index (χ2v) is 5.79. The van der Waals surface area contributed by atoms with Crippen molar-refractivity contribution in [3.05, 3.63) is 56.5 Å². The number of benzene rings is 2. The summed E-state index contributed by atoms with van der Waals surface area (Å²) in [5, 5.41) is 6.59. The molecular formula is C14H11BrCl2N2O. The van der Waals surface area contributed by atoms with Crippen LogP contribution in [0.4, 0.5) is 16.2 Å². The van der Waals surface area contributed by atoms with E-state index in [2.05, 4.69) is 26.6 Å². The third-order valence-corrected chi connectivity index (χ3v) is 4.34. The molecule has 3 nitrogen and oxygen atoms in total. The van der Waals surface area contributed by atoms with Crippen LogP contribution in [-0.2, 0) is 0 Å². The fraction of sp³-hybridized carbons (Fsp3) is 0.0714. The highest BCUT2D eigenvalue weighted by Crippen LogP contribution is 2.26. The number of carbonyl (C=O) groups is 1. The third kappa shape index (κ3) is 3.66. The van der Waals surface area contributed by atoms with Gasteiger partial charge in [-0.05, 0) is 58.7 Å². The molecule has 0 saturated heterocycles. The topological polar surface area (TPSA) is 41.1 Å². The van der Waals surface area contributed by atoms with Gasteiger partial charge in [0.2, 0.25) is 0 Å². The minimum atomic E-state index is -0.353. The van der Waals surface area contributed by atoms with E-state index in [0.717, 1.165) is 10.0 Å². The van der Waals surface area contributed by atoms with Crippen molar-refractivity contribution >= 4 is 56.5 Å². The van der Waals surface area contributed by atoms with Crippen LogP contribution in [0, 0.1) is 6.92 Å². The molecule has 2 N–H and O–H groups in total. The number of nitrogens with one attached hydrogen (secondary N) is 2. The molecule has 0 aliphatic heterocycles. The number of halogens is 3. The van der Waals surface area contributed by atoms with Crippen molar-refractivity contribution in [3.8, 4) is 0 Å². The number of anilines is 2. The number of urea groups is 1. The lowest BCUT2D eigenvalue weighted by molar-refractivity contribution is 0.262. The highest BCUT2D eigenvalue weighted by Gasteiger charge is 2.07. The van der Waals surface area contributed by atoms with Crippen LogP contribution in [0.3, 0.4) is 0 Å². The maximum Gasteiger partial charge on any atom is 0.323 e. The maximum absolute atomic E-state index is 11.9. The van der Waals surface area contributed by atoms with Gasteiger partial charge in [0.25, 0.3) is 0 Å². The van der Waals surface area contributed by atoms with Crippen molar-refractivity contribution in [2.24, 2.45) is 0 Å². The van der Waals surface area contributed by atoms with E-state index in [4.69, 9.17) is 23.2 Å². The Morgan fingerprint density at radius 2 is 1.85 bits per heavy atom. The lowest BCUT2D eigenvalue weighted by Gasteiger charge is -2.11. The molecule has 0 bridgehead atoms. The molecule has 2 aromatic rings. The van der Waals surface area contributed by atoms with E-state index in [1.807, 2.05) is 6.92 Å². The average Bonchev–Trinajstić information content (AvgIpc) is 2.39. The Bertz CT molecular complexity index is 662. The summed E-state index contributed by atoms with van der Waals surface area (Å²) >= 11 is 15.3. The first-order chi connectivity index (χ1) is 9.47. The summed E-state index contributed by atoms with van der Waals surface area (Å²) in [6.07, 6.45) is 0. The van der Waals surface area contributed by atoms with Gasteiger partial charge in [0, 0.05) is 20.9 Å². The first-order valence-electron chi connectivity index (χ1n) is 5.75. The monoisotopic (exact) mass is 372 g/mol. The SMILES string of the molecule is Cc1c(Cl)cccc1NC(=O)Nc1ccc(Br)c(Cl)c1. The molecule has 2 aromatic carbocycles. The second-order valence-electron chi connectivity index (χ2n) is 4.12. The summed E-state index contributed by atoms with van der Waals surface area (Å²) in [6, 6.07) is 10.2. The lowest BCUT2D eigenvalue weighted by Crippen LogP contribution is -2.20. The van der Waals surface area contributed by atoms with Gasteiger partial charge in [-0.25, -0.2) is 4.79 Å². The van der Waals surface area contributed by atoms with E-state index in [0.29, 0.717) is 21.4 Å². The maximum atomic E-state index is 11.9. The molecule has 20 heavy (non-hydrogen) atoms. The summed E-state index contributed by atoms with van der Waals surface area (Å²) in [5.74, 6) is 0. The van der Waals surface area contributed by atoms with E-state index in [9.17, 15) is 4.79 Å². The number of amides is 2. The molecule has 104 valence electrons. The number of rotatable bonds is 2. The first-order valence-corrected chi connectivity index (χ1v) is 7.30. The van der Waals surface area contributed by atoms with Gasteiger partial charge in [-0.15, -0.1) is 0 Å². The Hall–Kier alpha value is -1.23. The number of hydrogen-bond acceptors (Lipinski definition) is 1. The van der Waals surface area contributed by atoms with Crippen molar-refractivity contribution in [1.29, 1.82) is 0 Å². The molecule has 0 fully saturated rings. The van der Waals surface area contributed by atoms with E-state index in [1.165, 1.54) is 0 Å². The summed E-state index contributed by atoms with van der Waals surface area (Å²) in [5.41, 5.74) is 2.09. The Morgan fingerprint density at radius 1 is 1.10 bits per heavy atom. The summed E-state index contributed by atoms with van der Waals surface area (Å²) in [6.45, 7) is 1.84. The van der Waals surface area contributed by atoms with Crippen molar-refractivity contribution < 1.29 is 4.79 Å². The molecule has 0 radical (unpaired) electrons. The van der Waals surface area contributed by atoms with Crippen LogP contribution in [0.5, 0.6) is 0 Å². The van der Waals surface area contributed by atoms with E-state index < -0.39 is 0 Å². The first kappa shape index (κ1) is 15.2. The molecule has 0 aromatic heterocycles. The van der Waals surface area contributed by atoms with Crippen LogP contribution in [0.15, 0.2) is 40.9 Å². The number of hydrogen-bond donors (Lipinski definition) is 2. The van der Waals surface area contributed by atoms with E-state index >= 15 is 0 Å². The quantitative estimate of drug-likeness (QED) is 0.695. The number of carbonyl (C=O) groups excluding carboxylic acids is 1. The zero-order chi connectivity index (χ0) is 14.7. The van der Waals surface area contributed by atoms with Gasteiger partial charge in [-0.3, -0.25) is 0 Å². The smallest absolute Gasteiger partial charge is 0.308 e. The fourth-order valence-corrected chi connectivity index (χ4v) is 2.20. The Kier molecular flexibility index (Phi) is 4.91. The van der Waals surface area contributed by atoms with Gasteiger partial charge in [-0.1, -0.05) is 29.3 Å². The van der Waals surface area contributed by atoms with Gasteiger partial charge in [0.1, 0.15) is 0 Å². The van der Waals surface area contributed by atoms with Gasteiger partial charge < -0.3 is 10.6 Å². The van der Waals surface area contributed by atoms with Gasteiger partial charge in [-0.2, -0.15) is 0 Å². The average molecular weight is 374 g/mol. The molecule has 0 spiro atoms. The van der Waals surface area contributed by atoms with Crippen LogP contribution in [0.2, 0.25) is 10.0 Å². The van der Waals surface area contributed by atoms with Gasteiger partial charge in [0.05, 0.1) is 5.02 Å². The van der Waals surface area contributed by atoms with Crippen LogP contribution >= 0.6 is 39.1 Å². The van der Waals surface area contributed by atoms with Crippen LogP contribution in [0.1, 0.15) is 5.56 Å². The van der Waals surface area contributed by atoms with E-state index in [1.54, 1.807) is 36.4 Å². The normalized spacial score (nSPS) is 10.2. The molecular weight excluding hydrogens is 363 g/mol. The highest BCUT2D eigenvalue weighted by molar-refractivity contribution is 9.10.